The van der Waals surface area contributed by atoms with Crippen LogP contribution in [0.4, 0.5) is 0 Å². The van der Waals surface area contributed by atoms with Crippen molar-refractivity contribution in [1.82, 2.24) is 0 Å². The molecule has 0 saturated heterocycles. The topological polar surface area (TPSA) is 18.5 Å². The first-order valence-electron chi connectivity index (χ1n) is 44.0. The third-order valence-electron chi connectivity index (χ3n) is 29.4. The van der Waals surface area contributed by atoms with Gasteiger partial charge in [0.1, 0.15) is 0 Å². The first-order valence-corrected chi connectivity index (χ1v) is 44.8. The second kappa shape index (κ2) is 28.3. The van der Waals surface area contributed by atoms with Gasteiger partial charge in [-0.3, -0.25) is 0 Å². The molecule has 0 amide bonds. The van der Waals surface area contributed by atoms with Gasteiger partial charge in [0, 0.05) is 26.1 Å². The van der Waals surface area contributed by atoms with Gasteiger partial charge in [-0.1, -0.05) is 393 Å². The Bertz CT molecular complexity index is 8380. The second-order valence-electron chi connectivity index (χ2n) is 37.3. The lowest BCUT2D eigenvalue weighted by molar-refractivity contribution is 0.491. The average Bonchev–Trinajstić information content (AvgIpc) is 1.20. The van der Waals surface area contributed by atoms with Gasteiger partial charge in [-0.25, -0.2) is 0 Å². The average molecular weight is 1670 g/mol. The highest BCUT2D eigenvalue weighted by molar-refractivity contribution is 9.10. The molecule has 0 N–H and O–H groups in total. The molecule has 0 unspecified atom stereocenters. The first kappa shape index (κ1) is 76.2. The van der Waals surface area contributed by atoms with E-state index in [2.05, 4.69) is 423 Å². The molecule has 126 heavy (non-hydrogen) atoms. The van der Waals surface area contributed by atoms with E-state index >= 15 is 0 Å². The third kappa shape index (κ3) is 11.2. The minimum atomic E-state index is -0.783. The standard InChI is InChI=1S/C60H42.C44H33Br.C16H9B3O2/c1-59(2)51-18-9-7-14-42(51)44-28-25-39(33-53(44)59)56-46-16-5-6-17-47(46)57(40-26-29-45-43-15-8-10-19-52(43)60(3,4)54(45)34-40)50-32-38(24-31-49(50)56)41-27-22-37-21-20-35-12-11-13-36-23-30-48(41)58(37)55(35)36;1-43(2)37-15-9-7-11-29(37)31-20-17-26(23-39(31)43)41-33-13-5-6-14-34(33)42(36-25-28(45)19-22-35(36)41)27-18-21-32-30-12-8-10-16-38(30)44(3,4)40(32)24-27;17-20-19(21-18)14-9-7-12-5-4-10-2-1-3-11-6-8-13(14)16(12)15(10)11/h5-34H,1-4H3;5-25H,1-4H3;1-9H. The summed E-state index contributed by atoms with van der Waals surface area (Å²) in [6.07, 6.45) is 0. The van der Waals surface area contributed by atoms with Crippen molar-refractivity contribution >= 4 is 152 Å². The molecule has 4 radical (unpaired) electrons. The zero-order valence-corrected chi connectivity index (χ0v) is 73.2. The van der Waals surface area contributed by atoms with Crippen LogP contribution in [-0.2, 0) is 30.8 Å². The first-order chi connectivity index (χ1) is 61.3. The predicted molar refractivity (Wildman–Crippen MR) is 541 cm³/mol. The fourth-order valence-corrected chi connectivity index (χ4v) is 23.7. The summed E-state index contributed by atoms with van der Waals surface area (Å²) in [6, 6.07) is 136. The van der Waals surface area contributed by atoms with Gasteiger partial charge in [-0.15, -0.1) is 0 Å². The molecule has 0 heterocycles. The fourth-order valence-electron chi connectivity index (χ4n) is 23.3. The Morgan fingerprint density at radius 2 is 0.476 bits per heavy atom. The normalized spacial score (nSPS) is 14.3. The molecule has 2 nitrogen and oxygen atoms in total. The molecule has 0 atom stereocenters. The van der Waals surface area contributed by atoms with Gasteiger partial charge >= 0.3 is 7.12 Å². The van der Waals surface area contributed by atoms with Crippen LogP contribution in [0.5, 0.6) is 0 Å². The summed E-state index contributed by atoms with van der Waals surface area (Å²) in [4.78, 5) is 0. The van der Waals surface area contributed by atoms with Gasteiger partial charge in [0.05, 0.1) is 0 Å². The SMILES string of the molecule is CC1(C)c2ccccc2-c2ccc(-c3c4ccccc4c(-c4ccc5c(c4)C(C)(C)c4ccccc4-5)c4cc(-c5ccc6ccc7cccc8ccc5c6c78)ccc34)cc21.CC1(C)c2ccccc2-c2ccc(-c3c4ccccc4c(-c4ccc5c(c4)C(C)(C)c4ccccc4-5)c4cc(Br)ccc34)cc21.[B]OB(O[B])c1ccc2ccc3cccc4ccc1c2c34. The minimum absolute atomic E-state index is 0.0503. The van der Waals surface area contributed by atoms with Crippen LogP contribution in [0.25, 0.3) is 208 Å². The maximum absolute atomic E-state index is 5.28. The number of hydrogen-bond donors (Lipinski definition) is 0. The van der Waals surface area contributed by atoms with Crippen LogP contribution in [0.15, 0.2) is 368 Å². The fraction of sp³-hybridized carbons (Fsp3) is 0.100. The van der Waals surface area contributed by atoms with Crippen LogP contribution in [0.2, 0.25) is 0 Å². The largest absolute Gasteiger partial charge is 0.480 e. The summed E-state index contributed by atoms with van der Waals surface area (Å²) in [5.74, 6) is 0. The monoisotopic (exact) mass is 1670 g/mol. The molecule has 0 bridgehead atoms. The molecular weight excluding hydrogens is 1590 g/mol. The Labute approximate surface area is 746 Å². The smallest absolute Gasteiger partial charge is 0.462 e. The molecule has 6 heteroatoms. The van der Waals surface area contributed by atoms with Crippen LogP contribution in [-0.4, -0.2) is 23.2 Å². The molecule has 26 rings (SSSR count). The maximum atomic E-state index is 5.28. The van der Waals surface area contributed by atoms with Crippen molar-refractivity contribution < 1.29 is 9.14 Å². The highest BCUT2D eigenvalue weighted by Crippen LogP contribution is 2.58. The van der Waals surface area contributed by atoms with Crippen LogP contribution >= 0.6 is 15.9 Å². The van der Waals surface area contributed by atoms with E-state index in [0.29, 0.717) is 0 Å². The van der Waals surface area contributed by atoms with E-state index in [1.54, 1.807) is 0 Å². The highest BCUT2D eigenvalue weighted by Gasteiger charge is 2.41. The van der Waals surface area contributed by atoms with Gasteiger partial charge in [0.2, 0.25) is 0 Å². The van der Waals surface area contributed by atoms with Gasteiger partial charge in [0.25, 0.3) is 16.1 Å². The Balaban J connectivity index is 0.000000118. The van der Waals surface area contributed by atoms with E-state index in [0.717, 1.165) is 15.3 Å². The summed E-state index contributed by atoms with van der Waals surface area (Å²) in [7, 11) is 9.78. The lowest BCUT2D eigenvalue weighted by Crippen LogP contribution is -2.36. The summed E-state index contributed by atoms with van der Waals surface area (Å²) >= 11 is 3.84. The Kier molecular flexibility index (Phi) is 17.1. The Morgan fingerprint density at radius 1 is 0.206 bits per heavy atom. The number of halogens is 1. The molecule has 0 fully saturated rings. The van der Waals surface area contributed by atoms with E-state index in [1.165, 1.54) is 247 Å². The van der Waals surface area contributed by atoms with Crippen molar-refractivity contribution in [3.05, 3.63) is 413 Å². The quantitative estimate of drug-likeness (QED) is 0.0858. The van der Waals surface area contributed by atoms with Crippen molar-refractivity contribution in [2.75, 3.05) is 0 Å². The van der Waals surface area contributed by atoms with E-state index in [-0.39, 0.29) is 21.7 Å². The van der Waals surface area contributed by atoms with Crippen molar-refractivity contribution in [3.8, 4) is 100 Å². The second-order valence-corrected chi connectivity index (χ2v) is 38.3. The molecule has 4 aliphatic carbocycles. The lowest BCUT2D eigenvalue weighted by Gasteiger charge is -2.24. The molecule has 0 spiro atoms. The Hall–Kier alpha value is -13.4. The lowest BCUT2D eigenvalue weighted by atomic mass is 9.73. The van der Waals surface area contributed by atoms with Gasteiger partial charge in [-0.2, -0.15) is 0 Å². The van der Waals surface area contributed by atoms with Gasteiger partial charge in [0.15, 0.2) is 0 Å². The maximum Gasteiger partial charge on any atom is 0.462 e. The zero-order chi connectivity index (χ0) is 85.1. The zero-order valence-electron chi connectivity index (χ0n) is 71.6. The molecule has 592 valence electrons. The van der Waals surface area contributed by atoms with Gasteiger partial charge in [-0.05, 0) is 300 Å². The minimum Gasteiger partial charge on any atom is -0.480 e. The molecule has 22 aromatic rings. The van der Waals surface area contributed by atoms with Crippen molar-refractivity contribution in [2.45, 2.75) is 77.0 Å². The van der Waals surface area contributed by atoms with E-state index in [9.17, 15) is 0 Å². The van der Waals surface area contributed by atoms with Crippen molar-refractivity contribution in [2.24, 2.45) is 0 Å². The van der Waals surface area contributed by atoms with Crippen LogP contribution in [0.1, 0.15) is 99.9 Å². The molecule has 4 aliphatic rings. The van der Waals surface area contributed by atoms with E-state index in [1.807, 2.05) is 12.1 Å². The molecule has 22 aromatic carbocycles. The number of fused-ring (bicyclic) bond motifs is 16. The summed E-state index contributed by atoms with van der Waals surface area (Å²) in [5, 5.41) is 25.2. The number of rotatable bonds is 8. The van der Waals surface area contributed by atoms with Crippen LogP contribution in [0.3, 0.4) is 0 Å². The molecule has 0 aromatic heterocycles. The van der Waals surface area contributed by atoms with Crippen LogP contribution in [0, 0.1) is 0 Å². The molecular formula is C120H84B3BrO2. The van der Waals surface area contributed by atoms with Crippen molar-refractivity contribution in [1.29, 1.82) is 0 Å². The summed E-state index contributed by atoms with van der Waals surface area (Å²) < 4.78 is 10.8. The van der Waals surface area contributed by atoms with Crippen LogP contribution < -0.4 is 5.46 Å². The molecule has 0 aliphatic heterocycles. The third-order valence-corrected chi connectivity index (χ3v) is 29.9. The van der Waals surface area contributed by atoms with Crippen molar-refractivity contribution in [3.63, 3.8) is 0 Å². The number of benzene rings is 22. The predicted octanol–water partition coefficient (Wildman–Crippen LogP) is 31.7. The molecule has 0 saturated carbocycles. The summed E-state index contributed by atoms with van der Waals surface area (Å²) in [6.45, 7) is 19.0. The Morgan fingerprint density at radius 3 is 0.865 bits per heavy atom. The van der Waals surface area contributed by atoms with E-state index in [4.69, 9.17) is 25.2 Å². The summed E-state index contributed by atoms with van der Waals surface area (Å²) in [5.41, 5.74) is 35.4. The number of hydrogen-bond acceptors (Lipinski definition) is 2. The highest BCUT2D eigenvalue weighted by atomic mass is 79.9. The van der Waals surface area contributed by atoms with E-state index < -0.39 is 7.12 Å². The van der Waals surface area contributed by atoms with Gasteiger partial charge < -0.3 is 9.14 Å².